The molecule has 1 N–H and O–H groups in total. The number of aryl methyl sites for hydroxylation is 1. The van der Waals surface area contributed by atoms with Gasteiger partial charge < -0.3 is 9.47 Å². The van der Waals surface area contributed by atoms with E-state index >= 15 is 0 Å². The van der Waals surface area contributed by atoms with Crippen molar-refractivity contribution < 1.29 is 14.0 Å². The Morgan fingerprint density at radius 2 is 2.10 bits per heavy atom. The normalized spacial score (nSPS) is 16.1. The van der Waals surface area contributed by atoms with Crippen molar-refractivity contribution in [1.29, 1.82) is 0 Å². The second kappa shape index (κ2) is 7.98. The number of anilines is 2. The Labute approximate surface area is 174 Å². The molecule has 9 heteroatoms. The molecule has 0 amide bonds. The minimum atomic E-state index is -0.354. The number of imidazole rings is 1. The van der Waals surface area contributed by atoms with Crippen molar-refractivity contribution in [3.63, 3.8) is 0 Å². The van der Waals surface area contributed by atoms with E-state index in [1.807, 2.05) is 35.8 Å². The number of benzene rings is 1. The number of fused-ring (bicyclic) bond motifs is 3. The van der Waals surface area contributed by atoms with Crippen LogP contribution in [-0.4, -0.2) is 41.0 Å². The lowest BCUT2D eigenvalue weighted by Crippen LogP contribution is -2.52. The third-order valence-electron chi connectivity index (χ3n) is 5.55. The predicted molar refractivity (Wildman–Crippen MR) is 114 cm³/mol. The largest absolute Gasteiger partial charge is 0.497 e. The van der Waals surface area contributed by atoms with Crippen LogP contribution in [-0.2, 0) is 24.9 Å². The molecule has 0 unspecified atom stereocenters. The molecule has 3 aromatic rings. The van der Waals surface area contributed by atoms with Crippen LogP contribution in [0.15, 0.2) is 33.9 Å². The van der Waals surface area contributed by atoms with Gasteiger partial charge in [0.1, 0.15) is 11.4 Å². The second-order valence-corrected chi connectivity index (χ2v) is 7.67. The van der Waals surface area contributed by atoms with Crippen molar-refractivity contribution in [2.24, 2.45) is 13.0 Å². The maximum atomic E-state index is 13.3. The summed E-state index contributed by atoms with van der Waals surface area (Å²) >= 11 is 0. The van der Waals surface area contributed by atoms with Crippen LogP contribution in [0.5, 0.6) is 5.75 Å². The van der Waals surface area contributed by atoms with Gasteiger partial charge in [-0.2, -0.15) is 0 Å². The van der Waals surface area contributed by atoms with Gasteiger partial charge in [-0.05, 0) is 19.1 Å². The lowest BCUT2D eigenvalue weighted by molar-refractivity contribution is -0.669. The fourth-order valence-electron chi connectivity index (χ4n) is 4.08. The Hall–Kier alpha value is -3.07. The monoisotopic (exact) mass is 414 g/mol. The lowest BCUT2D eigenvalue weighted by Gasteiger charge is -2.26. The number of aromatic nitrogens is 4. The summed E-state index contributed by atoms with van der Waals surface area (Å²) in [5, 5.41) is 0. The molecular formula is C21H28N5O4+. The summed E-state index contributed by atoms with van der Waals surface area (Å²) in [5.41, 5.74) is 1.34. The molecule has 160 valence electrons. The van der Waals surface area contributed by atoms with Crippen LogP contribution < -0.4 is 25.5 Å². The highest BCUT2D eigenvalue weighted by atomic mass is 16.5. The molecule has 1 aliphatic rings. The quantitative estimate of drug-likeness (QED) is 0.483. The fourth-order valence-corrected chi connectivity index (χ4v) is 4.08. The van der Waals surface area contributed by atoms with Crippen LogP contribution in [0.2, 0.25) is 0 Å². The summed E-state index contributed by atoms with van der Waals surface area (Å²) in [6, 6.07) is 7.82. The van der Waals surface area contributed by atoms with Crippen LogP contribution in [0.1, 0.15) is 13.8 Å². The van der Waals surface area contributed by atoms with E-state index in [4.69, 9.17) is 9.47 Å². The molecule has 0 saturated heterocycles. The molecule has 0 fully saturated rings. The Kier molecular flexibility index (Phi) is 5.38. The van der Waals surface area contributed by atoms with E-state index in [2.05, 4.69) is 16.8 Å². The number of ether oxygens (including phenoxy) is 2. The molecular weight excluding hydrogens is 386 g/mol. The molecule has 0 spiro atoms. The predicted octanol–water partition coefficient (Wildman–Crippen LogP) is 1.15. The van der Waals surface area contributed by atoms with Crippen molar-refractivity contribution in [2.45, 2.75) is 26.9 Å². The van der Waals surface area contributed by atoms with E-state index in [0.717, 1.165) is 23.9 Å². The molecule has 30 heavy (non-hydrogen) atoms. The maximum absolute atomic E-state index is 13.3. The van der Waals surface area contributed by atoms with Gasteiger partial charge in [-0.3, -0.25) is 13.9 Å². The zero-order valence-corrected chi connectivity index (χ0v) is 17.8. The molecule has 0 bridgehead atoms. The van der Waals surface area contributed by atoms with E-state index in [0.29, 0.717) is 36.8 Å². The zero-order valence-electron chi connectivity index (χ0n) is 17.8. The Balaban J connectivity index is 1.91. The molecule has 1 aliphatic heterocycles. The van der Waals surface area contributed by atoms with Gasteiger partial charge in [-0.1, -0.05) is 13.0 Å². The summed E-state index contributed by atoms with van der Waals surface area (Å²) < 4.78 is 15.5. The summed E-state index contributed by atoms with van der Waals surface area (Å²) in [7, 11) is 3.32. The van der Waals surface area contributed by atoms with Gasteiger partial charge in [0.05, 0.1) is 33.4 Å². The topological polar surface area (TPSA) is 85.4 Å². The maximum Gasteiger partial charge on any atom is 0.364 e. The number of methoxy groups -OCH3 is 1. The highest BCUT2D eigenvalue weighted by Crippen LogP contribution is 2.30. The highest BCUT2D eigenvalue weighted by molar-refractivity contribution is 5.70. The molecule has 1 atom stereocenters. The number of hydrogen-bond donors (Lipinski definition) is 1. The molecule has 0 saturated carbocycles. The van der Waals surface area contributed by atoms with E-state index < -0.39 is 0 Å². The zero-order chi connectivity index (χ0) is 21.4. The first-order valence-electron chi connectivity index (χ1n) is 10.2. The van der Waals surface area contributed by atoms with Crippen molar-refractivity contribution in [3.8, 4) is 5.75 Å². The highest BCUT2D eigenvalue weighted by Gasteiger charge is 2.36. The molecule has 4 rings (SSSR count). The van der Waals surface area contributed by atoms with Gasteiger partial charge in [0, 0.05) is 25.6 Å². The van der Waals surface area contributed by atoms with E-state index in [1.165, 1.54) is 9.13 Å². The molecule has 9 nitrogen and oxygen atoms in total. The first-order valence-corrected chi connectivity index (χ1v) is 10.2. The molecule has 1 aromatic carbocycles. The van der Waals surface area contributed by atoms with Crippen molar-refractivity contribution in [1.82, 2.24) is 14.1 Å². The van der Waals surface area contributed by atoms with Gasteiger partial charge in [-0.25, -0.2) is 19.2 Å². The van der Waals surface area contributed by atoms with E-state index in [-0.39, 0.29) is 17.8 Å². The summed E-state index contributed by atoms with van der Waals surface area (Å²) in [6.45, 7) is 6.60. The minimum absolute atomic E-state index is 0.227. The number of nitrogens with one attached hydrogen (secondary N) is 1. The number of rotatable bonds is 6. The first-order chi connectivity index (χ1) is 14.5. The van der Waals surface area contributed by atoms with E-state index in [9.17, 15) is 9.59 Å². The number of nitrogens with zero attached hydrogens (tertiary/aromatic N) is 4. The Bertz CT molecular complexity index is 1190. The number of hydrogen-bond acceptors (Lipinski definition) is 5. The van der Waals surface area contributed by atoms with Crippen LogP contribution in [0.4, 0.5) is 11.6 Å². The Morgan fingerprint density at radius 3 is 2.83 bits per heavy atom. The minimum Gasteiger partial charge on any atom is -0.497 e. The summed E-state index contributed by atoms with van der Waals surface area (Å²) in [4.78, 5) is 31.6. The average molecular weight is 414 g/mol. The molecule has 0 aliphatic carbocycles. The Morgan fingerprint density at radius 1 is 1.30 bits per heavy atom. The van der Waals surface area contributed by atoms with E-state index in [1.54, 1.807) is 14.2 Å². The first kappa shape index (κ1) is 20.2. The van der Waals surface area contributed by atoms with Crippen LogP contribution >= 0.6 is 0 Å². The van der Waals surface area contributed by atoms with Crippen LogP contribution in [0.25, 0.3) is 11.2 Å². The summed E-state index contributed by atoms with van der Waals surface area (Å²) in [5.74, 6) is 1.85. The van der Waals surface area contributed by atoms with Gasteiger partial charge in [0.2, 0.25) is 11.2 Å². The third-order valence-corrected chi connectivity index (χ3v) is 5.55. The van der Waals surface area contributed by atoms with Gasteiger partial charge in [0.15, 0.2) is 0 Å². The van der Waals surface area contributed by atoms with Crippen molar-refractivity contribution >= 4 is 22.8 Å². The van der Waals surface area contributed by atoms with Crippen LogP contribution in [0, 0.1) is 5.92 Å². The lowest BCUT2D eigenvalue weighted by atomic mass is 10.1. The summed E-state index contributed by atoms with van der Waals surface area (Å²) in [6.07, 6.45) is 0. The van der Waals surface area contributed by atoms with Gasteiger partial charge in [-0.15, -0.1) is 0 Å². The number of H-pyrrole nitrogens is 1. The number of aromatic amines is 1. The molecule has 0 radical (unpaired) electrons. The van der Waals surface area contributed by atoms with Gasteiger partial charge >= 0.3 is 11.6 Å². The molecule has 3 heterocycles. The second-order valence-electron chi connectivity index (χ2n) is 7.67. The van der Waals surface area contributed by atoms with Crippen molar-refractivity contribution in [3.05, 3.63) is 45.1 Å². The van der Waals surface area contributed by atoms with Crippen molar-refractivity contribution in [2.75, 3.05) is 31.8 Å². The standard InChI is InChI=1S/C21H27N5O4/c1-5-30-10-9-24-19(27)17-18(23(3)21(24)28)22-20-25(12-14(2)13-26(17)20)15-7-6-8-16(11-15)29-4/h6-8,11,14H,5,9-10,12-13H2,1-4H3/p+1/t14-/m0/s1. The average Bonchev–Trinajstić information content (AvgIpc) is 3.13. The van der Waals surface area contributed by atoms with Crippen LogP contribution in [0.3, 0.4) is 0 Å². The fraction of sp³-hybridized carbons (Fsp3) is 0.476. The molecule has 2 aromatic heterocycles. The smallest absolute Gasteiger partial charge is 0.364 e. The SMILES string of the molecule is CCOCCn1c(=O)c2c([nH]c3[n+]2C[C@@H](C)CN3c2cccc(OC)c2)n(C)c1=O. The van der Waals surface area contributed by atoms with Gasteiger partial charge in [0.25, 0.3) is 5.56 Å². The third kappa shape index (κ3) is 3.28.